The summed E-state index contributed by atoms with van der Waals surface area (Å²) >= 11 is 0. The van der Waals surface area contributed by atoms with Crippen molar-refractivity contribution in [1.82, 2.24) is 4.90 Å². The first-order valence-corrected chi connectivity index (χ1v) is 7.22. The van der Waals surface area contributed by atoms with Crippen LogP contribution in [0.15, 0.2) is 0 Å². The van der Waals surface area contributed by atoms with Gasteiger partial charge in [0.05, 0.1) is 18.8 Å². The highest BCUT2D eigenvalue weighted by Crippen LogP contribution is 2.40. The molecule has 0 aromatic heterocycles. The second-order valence-electron chi connectivity index (χ2n) is 6.01. The fourth-order valence-corrected chi connectivity index (χ4v) is 3.55. The van der Waals surface area contributed by atoms with Crippen molar-refractivity contribution in [3.05, 3.63) is 0 Å². The number of hydrogen-bond acceptors (Lipinski definition) is 4. The summed E-state index contributed by atoms with van der Waals surface area (Å²) in [6, 6.07) is 0.723. The van der Waals surface area contributed by atoms with E-state index in [-0.39, 0.29) is 5.54 Å². The maximum absolute atomic E-state index is 6.16. The van der Waals surface area contributed by atoms with E-state index in [1.807, 2.05) is 0 Å². The molecule has 0 aromatic carbocycles. The monoisotopic (exact) mass is 256 g/mol. The maximum atomic E-state index is 6.16. The molecule has 1 aliphatic heterocycles. The van der Waals surface area contributed by atoms with Crippen LogP contribution in [0.4, 0.5) is 0 Å². The molecule has 2 fully saturated rings. The van der Waals surface area contributed by atoms with Gasteiger partial charge in [0.25, 0.3) is 0 Å². The molecule has 0 aromatic rings. The van der Waals surface area contributed by atoms with Crippen LogP contribution in [0.2, 0.25) is 0 Å². The molecule has 1 saturated carbocycles. The molecule has 1 aliphatic carbocycles. The zero-order chi connectivity index (χ0) is 13.2. The summed E-state index contributed by atoms with van der Waals surface area (Å²) in [6.07, 6.45) is 5.34. The minimum absolute atomic E-state index is 0.122. The lowest BCUT2D eigenvalue weighted by atomic mass is 9.82. The van der Waals surface area contributed by atoms with Crippen molar-refractivity contribution in [2.75, 3.05) is 26.8 Å². The zero-order valence-electron chi connectivity index (χ0n) is 12.0. The van der Waals surface area contributed by atoms with Gasteiger partial charge in [-0.15, -0.1) is 0 Å². The Morgan fingerprint density at radius 1 is 1.28 bits per heavy atom. The number of methoxy groups -OCH3 is 1. The van der Waals surface area contributed by atoms with Crippen molar-refractivity contribution >= 4 is 0 Å². The predicted octanol–water partition coefficient (Wildman–Crippen LogP) is 1.38. The van der Waals surface area contributed by atoms with E-state index < -0.39 is 0 Å². The van der Waals surface area contributed by atoms with E-state index in [0.717, 1.165) is 38.6 Å². The fourth-order valence-electron chi connectivity index (χ4n) is 3.55. The largest absolute Gasteiger partial charge is 0.383 e. The van der Waals surface area contributed by atoms with Gasteiger partial charge in [-0.2, -0.15) is 0 Å². The maximum Gasteiger partial charge on any atom is 0.0590 e. The summed E-state index contributed by atoms with van der Waals surface area (Å²) < 4.78 is 11.2. The summed E-state index contributed by atoms with van der Waals surface area (Å²) in [7, 11) is 1.77. The number of nitrogens with two attached hydrogens (primary N) is 1. The first-order valence-electron chi connectivity index (χ1n) is 7.22. The Morgan fingerprint density at radius 2 is 1.89 bits per heavy atom. The molecule has 2 rings (SSSR count). The summed E-state index contributed by atoms with van der Waals surface area (Å²) in [4.78, 5) is 2.62. The number of rotatable bonds is 6. The van der Waals surface area contributed by atoms with Crippen LogP contribution in [-0.4, -0.2) is 55.5 Å². The summed E-state index contributed by atoms with van der Waals surface area (Å²) in [6.45, 7) is 6.86. The van der Waals surface area contributed by atoms with E-state index in [1.54, 1.807) is 7.11 Å². The quantitative estimate of drug-likeness (QED) is 0.780. The van der Waals surface area contributed by atoms with Crippen LogP contribution in [0, 0.1) is 0 Å². The fraction of sp³-hybridized carbons (Fsp3) is 1.00. The third-order valence-electron chi connectivity index (χ3n) is 4.31. The Balaban J connectivity index is 2.11. The lowest BCUT2D eigenvalue weighted by Crippen LogP contribution is -2.61. The lowest BCUT2D eigenvalue weighted by molar-refractivity contribution is -0.108. The highest BCUT2D eigenvalue weighted by molar-refractivity contribution is 5.02. The van der Waals surface area contributed by atoms with Gasteiger partial charge in [-0.25, -0.2) is 0 Å². The molecule has 2 aliphatic rings. The van der Waals surface area contributed by atoms with Gasteiger partial charge in [0.1, 0.15) is 0 Å². The topological polar surface area (TPSA) is 47.7 Å². The highest BCUT2D eigenvalue weighted by atomic mass is 16.5. The molecule has 0 bridgehead atoms. The first kappa shape index (κ1) is 14.3. The molecule has 1 saturated heterocycles. The summed E-state index contributed by atoms with van der Waals surface area (Å²) in [5.41, 5.74) is 6.28. The minimum atomic E-state index is 0.122. The van der Waals surface area contributed by atoms with Crippen molar-refractivity contribution < 1.29 is 9.47 Å². The molecule has 2 unspecified atom stereocenters. The lowest BCUT2D eigenvalue weighted by Gasteiger charge is -2.49. The first-order chi connectivity index (χ1) is 8.61. The van der Waals surface area contributed by atoms with E-state index in [9.17, 15) is 0 Å². The van der Waals surface area contributed by atoms with E-state index in [4.69, 9.17) is 15.2 Å². The summed E-state index contributed by atoms with van der Waals surface area (Å²) in [5, 5.41) is 0. The van der Waals surface area contributed by atoms with Gasteiger partial charge >= 0.3 is 0 Å². The van der Waals surface area contributed by atoms with Crippen LogP contribution in [0.25, 0.3) is 0 Å². The molecule has 2 atom stereocenters. The van der Waals surface area contributed by atoms with Crippen LogP contribution in [0.3, 0.4) is 0 Å². The molecule has 4 heteroatoms. The van der Waals surface area contributed by atoms with Crippen molar-refractivity contribution in [2.24, 2.45) is 5.73 Å². The normalized spacial score (nSPS) is 37.2. The molecule has 106 valence electrons. The second kappa shape index (κ2) is 5.87. The predicted molar refractivity (Wildman–Crippen MR) is 72.6 cm³/mol. The average Bonchev–Trinajstić information content (AvgIpc) is 3.12. The van der Waals surface area contributed by atoms with Crippen LogP contribution >= 0.6 is 0 Å². The molecular weight excluding hydrogens is 228 g/mol. The van der Waals surface area contributed by atoms with Crippen molar-refractivity contribution in [1.29, 1.82) is 0 Å². The minimum Gasteiger partial charge on any atom is -0.383 e. The van der Waals surface area contributed by atoms with E-state index in [2.05, 4.69) is 18.7 Å². The molecule has 18 heavy (non-hydrogen) atoms. The van der Waals surface area contributed by atoms with Gasteiger partial charge in [0, 0.05) is 31.8 Å². The molecular formula is C14H28N2O2. The van der Waals surface area contributed by atoms with Crippen LogP contribution in [0.1, 0.15) is 39.5 Å². The molecule has 0 spiro atoms. The van der Waals surface area contributed by atoms with Crippen molar-refractivity contribution in [2.45, 2.75) is 63.3 Å². The van der Waals surface area contributed by atoms with Crippen LogP contribution in [-0.2, 0) is 9.47 Å². The van der Waals surface area contributed by atoms with Crippen molar-refractivity contribution in [3.8, 4) is 0 Å². The van der Waals surface area contributed by atoms with E-state index >= 15 is 0 Å². The third-order valence-corrected chi connectivity index (χ3v) is 4.31. The third kappa shape index (κ3) is 3.05. The SMILES string of the molecule is COCCN(C1CC1)C1(CN)CC(C)OC(C)C1. The van der Waals surface area contributed by atoms with Crippen molar-refractivity contribution in [3.63, 3.8) is 0 Å². The Morgan fingerprint density at radius 3 is 2.33 bits per heavy atom. The highest BCUT2D eigenvalue weighted by Gasteiger charge is 2.47. The Hall–Kier alpha value is -0.160. The molecule has 1 heterocycles. The number of ether oxygens (including phenoxy) is 2. The van der Waals surface area contributed by atoms with Gasteiger partial charge in [0.2, 0.25) is 0 Å². The Labute approximate surface area is 111 Å². The average molecular weight is 256 g/mol. The molecule has 4 nitrogen and oxygen atoms in total. The van der Waals surface area contributed by atoms with Gasteiger partial charge in [-0.3, -0.25) is 4.90 Å². The number of nitrogens with zero attached hydrogens (tertiary/aromatic N) is 1. The van der Waals surface area contributed by atoms with Crippen LogP contribution < -0.4 is 5.73 Å². The Kier molecular flexibility index (Phi) is 4.64. The summed E-state index contributed by atoms with van der Waals surface area (Å²) in [5.74, 6) is 0. The van der Waals surface area contributed by atoms with E-state index in [0.29, 0.717) is 12.2 Å². The second-order valence-corrected chi connectivity index (χ2v) is 6.01. The van der Waals surface area contributed by atoms with Gasteiger partial charge in [-0.05, 0) is 39.5 Å². The Bertz CT molecular complexity index is 259. The van der Waals surface area contributed by atoms with E-state index in [1.165, 1.54) is 12.8 Å². The standard InChI is InChI=1S/C14H28N2O2/c1-11-8-14(10-15,9-12(2)18-11)16(6-7-17-3)13-4-5-13/h11-13H,4-10,15H2,1-3H3. The smallest absolute Gasteiger partial charge is 0.0590 e. The molecule has 0 amide bonds. The zero-order valence-corrected chi connectivity index (χ0v) is 12.0. The number of hydrogen-bond donors (Lipinski definition) is 1. The van der Waals surface area contributed by atoms with Gasteiger partial charge < -0.3 is 15.2 Å². The molecule has 2 N–H and O–H groups in total. The molecule has 0 radical (unpaired) electrons. The van der Waals surface area contributed by atoms with Gasteiger partial charge in [-0.1, -0.05) is 0 Å². The van der Waals surface area contributed by atoms with Crippen LogP contribution in [0.5, 0.6) is 0 Å². The van der Waals surface area contributed by atoms with Gasteiger partial charge in [0.15, 0.2) is 0 Å².